The predicted octanol–water partition coefficient (Wildman–Crippen LogP) is 2.56. The Hall–Kier alpha value is -0.0800. The summed E-state index contributed by atoms with van der Waals surface area (Å²) in [6, 6.07) is 0.562. The van der Waals surface area contributed by atoms with Crippen molar-refractivity contribution in [3.8, 4) is 0 Å². The molecule has 0 aliphatic heterocycles. The summed E-state index contributed by atoms with van der Waals surface area (Å²) in [6.45, 7) is 9.48. The highest BCUT2D eigenvalue weighted by Crippen LogP contribution is 2.33. The molecule has 0 aromatic carbocycles. The molecule has 0 amide bonds. The molecule has 2 unspecified atom stereocenters. The molecule has 1 fully saturated rings. The molecule has 0 aromatic heterocycles. The second-order valence-corrected chi connectivity index (χ2v) is 6.41. The fraction of sp³-hybridized carbons (Fsp3) is 1.00. The van der Waals surface area contributed by atoms with Crippen LogP contribution in [0.5, 0.6) is 0 Å². The smallest absolute Gasteiger partial charge is 0.0669 e. The molecule has 1 aliphatic carbocycles. The molecular weight excluding hydrogens is 186 g/mol. The molecule has 0 heterocycles. The third-order valence-electron chi connectivity index (χ3n) is 2.93. The SMILES string of the molecule is CC(CC1CC1)NCC(O)CC(C)(C)C. The average Bonchev–Trinajstić information content (AvgIpc) is 2.81. The lowest BCUT2D eigenvalue weighted by atomic mass is 9.89. The Morgan fingerprint density at radius 3 is 2.40 bits per heavy atom. The minimum Gasteiger partial charge on any atom is -0.392 e. The predicted molar refractivity (Wildman–Crippen MR) is 64.9 cm³/mol. The molecule has 1 aliphatic rings. The summed E-state index contributed by atoms with van der Waals surface area (Å²) in [5.41, 5.74) is 0.223. The van der Waals surface area contributed by atoms with Gasteiger partial charge in [-0.3, -0.25) is 0 Å². The van der Waals surface area contributed by atoms with Gasteiger partial charge in [0.05, 0.1) is 6.10 Å². The zero-order chi connectivity index (χ0) is 11.5. The molecule has 2 N–H and O–H groups in total. The Balaban J connectivity index is 2.06. The lowest BCUT2D eigenvalue weighted by molar-refractivity contribution is 0.116. The van der Waals surface area contributed by atoms with E-state index in [2.05, 4.69) is 33.0 Å². The van der Waals surface area contributed by atoms with Crippen LogP contribution in [0.3, 0.4) is 0 Å². The van der Waals surface area contributed by atoms with Gasteiger partial charge < -0.3 is 10.4 Å². The Labute approximate surface area is 94.5 Å². The van der Waals surface area contributed by atoms with Crippen molar-refractivity contribution in [3.63, 3.8) is 0 Å². The topological polar surface area (TPSA) is 32.3 Å². The van der Waals surface area contributed by atoms with Gasteiger partial charge in [0.25, 0.3) is 0 Å². The van der Waals surface area contributed by atoms with E-state index < -0.39 is 0 Å². The summed E-state index contributed by atoms with van der Waals surface area (Å²) in [5.74, 6) is 0.965. The highest BCUT2D eigenvalue weighted by Gasteiger charge is 2.24. The fourth-order valence-electron chi connectivity index (χ4n) is 2.05. The second-order valence-electron chi connectivity index (χ2n) is 6.41. The number of aliphatic hydroxyl groups is 1. The summed E-state index contributed by atoms with van der Waals surface area (Å²) in [7, 11) is 0. The van der Waals surface area contributed by atoms with Gasteiger partial charge in [0.1, 0.15) is 0 Å². The van der Waals surface area contributed by atoms with Gasteiger partial charge in [-0.25, -0.2) is 0 Å². The van der Waals surface area contributed by atoms with Crippen LogP contribution in [0.4, 0.5) is 0 Å². The van der Waals surface area contributed by atoms with Crippen LogP contribution in [0.2, 0.25) is 0 Å². The van der Waals surface area contributed by atoms with E-state index in [4.69, 9.17) is 0 Å². The Kier molecular flexibility index (Phi) is 4.60. The highest BCUT2D eigenvalue weighted by atomic mass is 16.3. The average molecular weight is 213 g/mol. The standard InChI is InChI=1S/C13H27NO/c1-10(7-11-5-6-11)14-9-12(15)8-13(2,3)4/h10-12,14-15H,5-9H2,1-4H3. The Morgan fingerprint density at radius 1 is 1.33 bits per heavy atom. The summed E-state index contributed by atoms with van der Waals surface area (Å²) < 4.78 is 0. The van der Waals surface area contributed by atoms with Crippen molar-refractivity contribution in [2.75, 3.05) is 6.54 Å². The van der Waals surface area contributed by atoms with Gasteiger partial charge in [-0.2, -0.15) is 0 Å². The summed E-state index contributed by atoms with van der Waals surface area (Å²) in [6.07, 6.45) is 4.78. The maximum atomic E-state index is 9.82. The molecule has 1 saturated carbocycles. The van der Waals surface area contributed by atoms with Crippen molar-refractivity contribution in [1.29, 1.82) is 0 Å². The first-order valence-electron chi connectivity index (χ1n) is 6.28. The molecule has 0 spiro atoms. The van der Waals surface area contributed by atoms with E-state index in [-0.39, 0.29) is 11.5 Å². The molecular formula is C13H27NO. The van der Waals surface area contributed by atoms with Gasteiger partial charge in [-0.1, -0.05) is 33.6 Å². The van der Waals surface area contributed by atoms with Gasteiger partial charge in [-0.05, 0) is 31.1 Å². The van der Waals surface area contributed by atoms with Crippen LogP contribution in [0, 0.1) is 11.3 Å². The largest absolute Gasteiger partial charge is 0.392 e. The van der Waals surface area contributed by atoms with Crippen LogP contribution in [0.25, 0.3) is 0 Å². The van der Waals surface area contributed by atoms with Crippen molar-refractivity contribution in [3.05, 3.63) is 0 Å². The number of nitrogens with one attached hydrogen (secondary N) is 1. The molecule has 90 valence electrons. The zero-order valence-electron chi connectivity index (χ0n) is 10.7. The maximum absolute atomic E-state index is 9.82. The molecule has 2 atom stereocenters. The van der Waals surface area contributed by atoms with Crippen LogP contribution in [0.1, 0.15) is 53.4 Å². The van der Waals surface area contributed by atoms with E-state index in [0.29, 0.717) is 6.04 Å². The molecule has 0 radical (unpaired) electrons. The second kappa shape index (κ2) is 5.31. The molecule has 1 rings (SSSR count). The van der Waals surface area contributed by atoms with E-state index in [1.807, 2.05) is 0 Å². The van der Waals surface area contributed by atoms with Gasteiger partial charge in [0.2, 0.25) is 0 Å². The van der Waals surface area contributed by atoms with E-state index >= 15 is 0 Å². The molecule has 2 nitrogen and oxygen atoms in total. The van der Waals surface area contributed by atoms with Crippen LogP contribution in [-0.2, 0) is 0 Å². The normalized spacial score (nSPS) is 21.4. The van der Waals surface area contributed by atoms with Gasteiger partial charge in [-0.15, -0.1) is 0 Å². The third kappa shape index (κ3) is 6.91. The number of aliphatic hydroxyl groups excluding tert-OH is 1. The van der Waals surface area contributed by atoms with E-state index in [9.17, 15) is 5.11 Å². The van der Waals surface area contributed by atoms with Gasteiger partial charge >= 0.3 is 0 Å². The van der Waals surface area contributed by atoms with Gasteiger partial charge in [0, 0.05) is 12.6 Å². The quantitative estimate of drug-likeness (QED) is 0.711. The summed E-state index contributed by atoms with van der Waals surface area (Å²) in [4.78, 5) is 0. The molecule has 0 saturated heterocycles. The molecule has 15 heavy (non-hydrogen) atoms. The lowest BCUT2D eigenvalue weighted by Gasteiger charge is -2.24. The van der Waals surface area contributed by atoms with Crippen molar-refractivity contribution < 1.29 is 5.11 Å². The van der Waals surface area contributed by atoms with Crippen molar-refractivity contribution in [1.82, 2.24) is 5.32 Å². The Morgan fingerprint density at radius 2 is 1.93 bits per heavy atom. The van der Waals surface area contributed by atoms with E-state index in [1.54, 1.807) is 0 Å². The number of rotatable bonds is 6. The Bertz CT molecular complexity index is 181. The van der Waals surface area contributed by atoms with Crippen molar-refractivity contribution in [2.45, 2.75) is 65.5 Å². The zero-order valence-corrected chi connectivity index (χ0v) is 10.7. The number of hydrogen-bond acceptors (Lipinski definition) is 2. The van der Waals surface area contributed by atoms with E-state index in [0.717, 1.165) is 18.9 Å². The van der Waals surface area contributed by atoms with Crippen LogP contribution in [-0.4, -0.2) is 23.8 Å². The fourth-order valence-corrected chi connectivity index (χ4v) is 2.05. The molecule has 2 heteroatoms. The summed E-state index contributed by atoms with van der Waals surface area (Å²) >= 11 is 0. The van der Waals surface area contributed by atoms with Crippen LogP contribution < -0.4 is 5.32 Å². The summed E-state index contributed by atoms with van der Waals surface area (Å²) in [5, 5.41) is 13.2. The first-order chi connectivity index (χ1) is 6.87. The highest BCUT2D eigenvalue weighted by molar-refractivity contribution is 4.79. The first-order valence-corrected chi connectivity index (χ1v) is 6.28. The van der Waals surface area contributed by atoms with Crippen LogP contribution >= 0.6 is 0 Å². The van der Waals surface area contributed by atoms with Crippen molar-refractivity contribution >= 4 is 0 Å². The van der Waals surface area contributed by atoms with Crippen LogP contribution in [0.15, 0.2) is 0 Å². The third-order valence-corrected chi connectivity index (χ3v) is 2.93. The molecule has 0 aromatic rings. The minimum absolute atomic E-state index is 0.202. The van der Waals surface area contributed by atoms with E-state index in [1.165, 1.54) is 19.3 Å². The monoisotopic (exact) mass is 213 g/mol. The lowest BCUT2D eigenvalue weighted by Crippen LogP contribution is -2.35. The maximum Gasteiger partial charge on any atom is 0.0669 e. The first kappa shape index (κ1) is 13.0. The van der Waals surface area contributed by atoms with Crippen molar-refractivity contribution in [2.24, 2.45) is 11.3 Å². The number of hydrogen-bond donors (Lipinski definition) is 2. The minimum atomic E-state index is -0.202. The molecule has 0 bridgehead atoms. The van der Waals surface area contributed by atoms with Gasteiger partial charge in [0.15, 0.2) is 0 Å².